The van der Waals surface area contributed by atoms with E-state index >= 15 is 0 Å². The molecule has 176 valence electrons. The van der Waals surface area contributed by atoms with E-state index in [-0.39, 0.29) is 5.78 Å². The SMILES string of the molecule is Cc1ccc(-c2c3c(nc4c2c(-c2ccccc2)nn4-c2ccc(Br)cc2)-c2ccccc2C3=O)cc1. The molecule has 2 aromatic heterocycles. The molecule has 0 aliphatic heterocycles. The molecule has 2 heterocycles. The Morgan fingerprint density at radius 1 is 0.676 bits per heavy atom. The summed E-state index contributed by atoms with van der Waals surface area (Å²) in [6, 6.07) is 34.2. The molecule has 7 rings (SSSR count). The zero-order valence-corrected chi connectivity index (χ0v) is 21.5. The zero-order valence-electron chi connectivity index (χ0n) is 19.9. The molecule has 1 aliphatic carbocycles. The fourth-order valence-corrected chi connectivity index (χ4v) is 5.42. The van der Waals surface area contributed by atoms with Gasteiger partial charge in [-0.3, -0.25) is 4.79 Å². The first-order valence-corrected chi connectivity index (χ1v) is 12.9. The summed E-state index contributed by atoms with van der Waals surface area (Å²) in [5.41, 5.74) is 9.31. The van der Waals surface area contributed by atoms with Crippen molar-refractivity contribution >= 4 is 32.7 Å². The van der Waals surface area contributed by atoms with Crippen molar-refractivity contribution in [2.24, 2.45) is 0 Å². The quantitative estimate of drug-likeness (QED) is 0.227. The highest BCUT2D eigenvalue weighted by molar-refractivity contribution is 9.10. The van der Waals surface area contributed by atoms with Crippen molar-refractivity contribution < 1.29 is 4.79 Å². The van der Waals surface area contributed by atoms with Crippen LogP contribution in [0.4, 0.5) is 0 Å². The molecule has 0 saturated carbocycles. The van der Waals surface area contributed by atoms with Crippen LogP contribution >= 0.6 is 15.9 Å². The molecule has 0 bridgehead atoms. The third-order valence-corrected chi connectivity index (χ3v) is 7.46. The van der Waals surface area contributed by atoms with Crippen molar-refractivity contribution in [3.63, 3.8) is 0 Å². The third kappa shape index (κ3) is 3.39. The number of carbonyl (C=O) groups is 1. The Balaban J connectivity index is 1.67. The fraction of sp³-hybridized carbons (Fsp3) is 0.0312. The van der Waals surface area contributed by atoms with Gasteiger partial charge in [0.15, 0.2) is 11.4 Å². The highest BCUT2D eigenvalue weighted by Gasteiger charge is 2.34. The van der Waals surface area contributed by atoms with Gasteiger partial charge in [0, 0.05) is 26.7 Å². The van der Waals surface area contributed by atoms with Crippen molar-refractivity contribution in [1.29, 1.82) is 0 Å². The highest BCUT2D eigenvalue weighted by Crippen LogP contribution is 2.46. The van der Waals surface area contributed by atoms with Gasteiger partial charge in [-0.25, -0.2) is 9.67 Å². The summed E-state index contributed by atoms with van der Waals surface area (Å²) >= 11 is 3.54. The molecule has 4 nitrogen and oxygen atoms in total. The highest BCUT2D eigenvalue weighted by atomic mass is 79.9. The number of carbonyl (C=O) groups excluding carboxylic acids is 1. The van der Waals surface area contributed by atoms with E-state index in [9.17, 15) is 4.79 Å². The summed E-state index contributed by atoms with van der Waals surface area (Å²) < 4.78 is 2.89. The molecule has 0 atom stereocenters. The molecule has 6 aromatic rings. The molecule has 1 aliphatic rings. The predicted molar refractivity (Wildman–Crippen MR) is 151 cm³/mol. The van der Waals surface area contributed by atoms with Crippen LogP contribution in [0.15, 0.2) is 108 Å². The lowest BCUT2D eigenvalue weighted by atomic mass is 9.92. The van der Waals surface area contributed by atoms with Gasteiger partial charge in [-0.1, -0.05) is 100 Å². The number of nitrogens with zero attached hydrogens (tertiary/aromatic N) is 3. The van der Waals surface area contributed by atoms with Crippen LogP contribution in [0.2, 0.25) is 0 Å². The van der Waals surface area contributed by atoms with E-state index in [1.54, 1.807) is 0 Å². The van der Waals surface area contributed by atoms with E-state index in [1.165, 1.54) is 0 Å². The molecular weight excluding hydrogens is 522 g/mol. The van der Waals surface area contributed by atoms with E-state index in [0.717, 1.165) is 54.7 Å². The number of hydrogen-bond donors (Lipinski definition) is 0. The minimum Gasteiger partial charge on any atom is -0.288 e. The molecule has 37 heavy (non-hydrogen) atoms. The second-order valence-corrected chi connectivity index (χ2v) is 10.2. The predicted octanol–water partition coefficient (Wildman–Crippen LogP) is 8.04. The van der Waals surface area contributed by atoms with Crippen LogP contribution in [-0.2, 0) is 0 Å². The molecule has 0 saturated heterocycles. The minimum atomic E-state index is 0.00554. The van der Waals surface area contributed by atoms with Crippen molar-refractivity contribution in [3.05, 3.63) is 124 Å². The molecule has 0 fully saturated rings. The van der Waals surface area contributed by atoms with Crippen molar-refractivity contribution in [2.75, 3.05) is 0 Å². The van der Waals surface area contributed by atoms with Gasteiger partial charge in [0.05, 0.1) is 22.3 Å². The number of fused-ring (bicyclic) bond motifs is 4. The van der Waals surface area contributed by atoms with Crippen LogP contribution < -0.4 is 0 Å². The normalized spacial score (nSPS) is 12.1. The summed E-state index contributed by atoms with van der Waals surface area (Å²) in [7, 11) is 0. The van der Waals surface area contributed by atoms with Gasteiger partial charge < -0.3 is 0 Å². The zero-order chi connectivity index (χ0) is 25.1. The summed E-state index contributed by atoms with van der Waals surface area (Å²) in [6.07, 6.45) is 0. The van der Waals surface area contributed by atoms with E-state index in [2.05, 4.69) is 59.3 Å². The largest absolute Gasteiger partial charge is 0.288 e. The standard InChI is InChI=1S/C32H20BrN3O/c1-19-11-13-20(14-12-19)26-27-30(24-9-5-6-10-25(24)31(27)37)34-32-28(26)29(21-7-3-2-4-8-21)35-36(32)23-17-15-22(33)16-18-23/h2-18H,1H3. The first-order valence-electron chi connectivity index (χ1n) is 12.1. The average molecular weight is 542 g/mol. The summed E-state index contributed by atoms with van der Waals surface area (Å²) in [4.78, 5) is 19.0. The lowest BCUT2D eigenvalue weighted by molar-refractivity contribution is 0.104. The molecule has 4 aromatic carbocycles. The van der Waals surface area contributed by atoms with Crippen molar-refractivity contribution in [3.8, 4) is 39.3 Å². The molecule has 0 spiro atoms. The van der Waals surface area contributed by atoms with E-state index < -0.39 is 0 Å². The maximum absolute atomic E-state index is 13.9. The van der Waals surface area contributed by atoms with Crippen molar-refractivity contribution in [2.45, 2.75) is 6.92 Å². The Morgan fingerprint density at radius 2 is 1.35 bits per heavy atom. The van der Waals surface area contributed by atoms with E-state index in [0.29, 0.717) is 16.8 Å². The topological polar surface area (TPSA) is 47.8 Å². The first-order chi connectivity index (χ1) is 18.1. The molecule has 0 N–H and O–H groups in total. The molecule has 5 heteroatoms. The van der Waals surface area contributed by atoms with E-state index in [1.807, 2.05) is 71.4 Å². The smallest absolute Gasteiger partial charge is 0.196 e. The van der Waals surface area contributed by atoms with Gasteiger partial charge in [0.2, 0.25) is 0 Å². The summed E-state index contributed by atoms with van der Waals surface area (Å²) in [5, 5.41) is 5.99. The maximum atomic E-state index is 13.9. The van der Waals surface area contributed by atoms with Crippen LogP contribution in [-0.4, -0.2) is 20.5 Å². The monoisotopic (exact) mass is 541 g/mol. The van der Waals surface area contributed by atoms with Crippen LogP contribution in [0.1, 0.15) is 21.5 Å². The number of aryl methyl sites for hydroxylation is 1. The van der Waals surface area contributed by atoms with E-state index in [4.69, 9.17) is 10.1 Å². The second kappa shape index (κ2) is 8.36. The van der Waals surface area contributed by atoms with Gasteiger partial charge in [0.25, 0.3) is 0 Å². The Kier molecular flexibility index (Phi) is 4.94. The Hall–Kier alpha value is -4.35. The molecule has 0 unspecified atom stereocenters. The Morgan fingerprint density at radius 3 is 2.08 bits per heavy atom. The van der Waals surface area contributed by atoms with Crippen LogP contribution in [0.5, 0.6) is 0 Å². The molecular formula is C32H20BrN3O. The Labute approximate surface area is 222 Å². The number of rotatable bonds is 3. The van der Waals surface area contributed by atoms with Crippen LogP contribution in [0.25, 0.3) is 50.4 Å². The Bertz CT molecular complexity index is 1840. The fourth-order valence-electron chi connectivity index (χ4n) is 5.16. The summed E-state index contributed by atoms with van der Waals surface area (Å²) in [5.74, 6) is 0.00554. The van der Waals surface area contributed by atoms with Gasteiger partial charge in [-0.2, -0.15) is 5.10 Å². The van der Waals surface area contributed by atoms with Gasteiger partial charge in [-0.15, -0.1) is 0 Å². The summed E-state index contributed by atoms with van der Waals surface area (Å²) in [6.45, 7) is 2.07. The number of halogens is 1. The lowest BCUT2D eigenvalue weighted by Gasteiger charge is -2.12. The number of hydrogen-bond acceptors (Lipinski definition) is 3. The first kappa shape index (κ1) is 21.9. The van der Waals surface area contributed by atoms with Gasteiger partial charge in [-0.05, 0) is 36.8 Å². The van der Waals surface area contributed by atoms with Gasteiger partial charge in [0.1, 0.15) is 5.69 Å². The molecule has 0 amide bonds. The third-order valence-electron chi connectivity index (χ3n) is 6.93. The number of aromatic nitrogens is 3. The maximum Gasteiger partial charge on any atom is 0.196 e. The van der Waals surface area contributed by atoms with Crippen molar-refractivity contribution in [1.82, 2.24) is 14.8 Å². The average Bonchev–Trinajstić information content (AvgIpc) is 3.45. The number of pyridine rings is 1. The second-order valence-electron chi connectivity index (χ2n) is 9.25. The lowest BCUT2D eigenvalue weighted by Crippen LogP contribution is -2.02. The van der Waals surface area contributed by atoms with Crippen LogP contribution in [0.3, 0.4) is 0 Å². The molecule has 0 radical (unpaired) electrons. The minimum absolute atomic E-state index is 0.00554. The van der Waals surface area contributed by atoms with Crippen LogP contribution in [0, 0.1) is 6.92 Å². The number of benzene rings is 4. The number of ketones is 1. The van der Waals surface area contributed by atoms with Gasteiger partial charge >= 0.3 is 0 Å².